The molecule has 0 spiro atoms. The van der Waals surface area contributed by atoms with Crippen molar-refractivity contribution in [1.82, 2.24) is 9.78 Å². The summed E-state index contributed by atoms with van der Waals surface area (Å²) in [6.07, 6.45) is 5.83. The average Bonchev–Trinajstić information content (AvgIpc) is 2.76. The maximum atomic E-state index is 11.4. The molecule has 21 heavy (non-hydrogen) atoms. The van der Waals surface area contributed by atoms with E-state index in [9.17, 15) is 10.1 Å². The lowest BCUT2D eigenvalue weighted by atomic mass is 9.84. The number of aromatic nitrogens is 2. The van der Waals surface area contributed by atoms with Gasteiger partial charge in [0.25, 0.3) is 0 Å². The van der Waals surface area contributed by atoms with Crippen molar-refractivity contribution in [2.24, 2.45) is 5.92 Å². The Hall–Kier alpha value is -1.59. The molecule has 0 amide bonds. The monoisotopic (exact) mass is 294 g/mol. The SMILES string of the molecule is CCC1CCCC(Nc2c([N+](=O)[O-])c(C)nn2C(C)C)C1. The molecule has 2 rings (SSSR count). The van der Waals surface area contributed by atoms with Gasteiger partial charge in [0.05, 0.1) is 4.92 Å². The minimum absolute atomic E-state index is 0.102. The second-order valence-corrected chi connectivity index (χ2v) is 6.36. The first kappa shape index (κ1) is 15.8. The normalized spacial score (nSPS) is 22.5. The number of hydrogen-bond donors (Lipinski definition) is 1. The van der Waals surface area contributed by atoms with Gasteiger partial charge in [-0.05, 0) is 39.5 Å². The minimum Gasteiger partial charge on any atom is -0.362 e. The molecule has 1 heterocycles. The first-order chi connectivity index (χ1) is 9.93. The summed E-state index contributed by atoms with van der Waals surface area (Å²) < 4.78 is 1.75. The number of nitrogens with zero attached hydrogens (tertiary/aromatic N) is 3. The maximum Gasteiger partial charge on any atom is 0.333 e. The van der Waals surface area contributed by atoms with E-state index in [4.69, 9.17) is 0 Å². The molecule has 1 aromatic rings. The summed E-state index contributed by atoms with van der Waals surface area (Å²) in [6, 6.07) is 0.418. The molecule has 2 unspecified atom stereocenters. The molecule has 1 aliphatic carbocycles. The molecule has 2 atom stereocenters. The lowest BCUT2D eigenvalue weighted by molar-refractivity contribution is -0.384. The van der Waals surface area contributed by atoms with E-state index >= 15 is 0 Å². The van der Waals surface area contributed by atoms with Gasteiger partial charge in [0.15, 0.2) is 0 Å². The fraction of sp³-hybridized carbons (Fsp3) is 0.800. The highest BCUT2D eigenvalue weighted by Crippen LogP contribution is 2.34. The van der Waals surface area contributed by atoms with Gasteiger partial charge < -0.3 is 5.32 Å². The Bertz CT molecular complexity index is 510. The van der Waals surface area contributed by atoms with Crippen LogP contribution in [0.15, 0.2) is 0 Å². The third kappa shape index (κ3) is 3.36. The minimum atomic E-state index is -0.316. The standard InChI is InChI=1S/C15H26N4O2/c1-5-12-7-6-8-13(9-12)16-15-14(19(20)21)11(4)17-18(15)10(2)3/h10,12-13,16H,5-9H2,1-4H3. The third-order valence-electron chi connectivity index (χ3n) is 4.43. The molecule has 118 valence electrons. The molecule has 1 aliphatic rings. The Labute approximate surface area is 126 Å². The molecule has 0 saturated heterocycles. The van der Waals surface area contributed by atoms with Crippen LogP contribution < -0.4 is 5.32 Å². The van der Waals surface area contributed by atoms with Crippen molar-refractivity contribution in [2.45, 2.75) is 71.9 Å². The zero-order valence-electron chi connectivity index (χ0n) is 13.4. The van der Waals surface area contributed by atoms with E-state index in [2.05, 4.69) is 17.3 Å². The van der Waals surface area contributed by atoms with Crippen LogP contribution in [0, 0.1) is 23.0 Å². The lowest BCUT2D eigenvalue weighted by Gasteiger charge is -2.29. The van der Waals surface area contributed by atoms with Crippen molar-refractivity contribution >= 4 is 11.5 Å². The summed E-state index contributed by atoms with van der Waals surface area (Å²) in [5.74, 6) is 1.31. The van der Waals surface area contributed by atoms with Crippen LogP contribution in [0.4, 0.5) is 11.5 Å². The maximum absolute atomic E-state index is 11.4. The highest BCUT2D eigenvalue weighted by Gasteiger charge is 2.29. The molecule has 1 aromatic heterocycles. The van der Waals surface area contributed by atoms with Gasteiger partial charge >= 0.3 is 5.69 Å². The molecule has 0 aromatic carbocycles. The van der Waals surface area contributed by atoms with Crippen LogP contribution in [-0.4, -0.2) is 20.7 Å². The van der Waals surface area contributed by atoms with Gasteiger partial charge in [-0.3, -0.25) is 10.1 Å². The second kappa shape index (κ2) is 6.45. The molecule has 1 saturated carbocycles. The molecular formula is C15H26N4O2. The van der Waals surface area contributed by atoms with Gasteiger partial charge in [0, 0.05) is 12.1 Å². The van der Waals surface area contributed by atoms with Crippen molar-refractivity contribution in [3.05, 3.63) is 15.8 Å². The number of anilines is 1. The van der Waals surface area contributed by atoms with Crippen LogP contribution in [0.5, 0.6) is 0 Å². The lowest BCUT2D eigenvalue weighted by Crippen LogP contribution is -2.28. The summed E-state index contributed by atoms with van der Waals surface area (Å²) in [6.45, 7) is 7.92. The molecule has 1 N–H and O–H groups in total. The Kier molecular flexibility index (Phi) is 4.85. The molecule has 0 bridgehead atoms. The Morgan fingerprint density at radius 1 is 1.48 bits per heavy atom. The third-order valence-corrected chi connectivity index (χ3v) is 4.43. The molecule has 6 nitrogen and oxygen atoms in total. The fourth-order valence-corrected chi connectivity index (χ4v) is 3.25. The number of hydrogen-bond acceptors (Lipinski definition) is 4. The predicted octanol–water partition coefficient (Wildman–Crippen LogP) is 4.06. The molecule has 6 heteroatoms. The Morgan fingerprint density at radius 3 is 2.76 bits per heavy atom. The van der Waals surface area contributed by atoms with Gasteiger partial charge in [-0.25, -0.2) is 4.68 Å². The summed E-state index contributed by atoms with van der Waals surface area (Å²) in [7, 11) is 0. The fourth-order valence-electron chi connectivity index (χ4n) is 3.25. The summed E-state index contributed by atoms with van der Waals surface area (Å²) in [5, 5.41) is 19.1. The van der Waals surface area contributed by atoms with Crippen molar-refractivity contribution < 1.29 is 4.92 Å². The summed E-state index contributed by atoms with van der Waals surface area (Å²) in [5.41, 5.74) is 0.612. The quantitative estimate of drug-likeness (QED) is 0.656. The zero-order chi connectivity index (χ0) is 15.6. The first-order valence-corrected chi connectivity index (χ1v) is 7.94. The van der Waals surface area contributed by atoms with Gasteiger partial charge in [-0.15, -0.1) is 0 Å². The predicted molar refractivity (Wildman–Crippen MR) is 83.7 cm³/mol. The van der Waals surface area contributed by atoms with Crippen LogP contribution in [0.2, 0.25) is 0 Å². The van der Waals surface area contributed by atoms with E-state index in [0.29, 0.717) is 17.6 Å². The van der Waals surface area contributed by atoms with Crippen LogP contribution in [0.3, 0.4) is 0 Å². The van der Waals surface area contributed by atoms with Crippen LogP contribution in [0.25, 0.3) is 0 Å². The smallest absolute Gasteiger partial charge is 0.333 e. The second-order valence-electron chi connectivity index (χ2n) is 6.36. The van der Waals surface area contributed by atoms with Crippen molar-refractivity contribution in [3.63, 3.8) is 0 Å². The van der Waals surface area contributed by atoms with E-state index < -0.39 is 0 Å². The number of rotatable bonds is 5. The highest BCUT2D eigenvalue weighted by atomic mass is 16.6. The topological polar surface area (TPSA) is 73.0 Å². The largest absolute Gasteiger partial charge is 0.362 e. The molecule has 1 fully saturated rings. The Balaban J connectivity index is 2.27. The molecule has 0 radical (unpaired) electrons. The first-order valence-electron chi connectivity index (χ1n) is 7.94. The van der Waals surface area contributed by atoms with E-state index in [1.807, 2.05) is 13.8 Å². The van der Waals surface area contributed by atoms with E-state index in [0.717, 1.165) is 18.8 Å². The van der Waals surface area contributed by atoms with Crippen LogP contribution in [-0.2, 0) is 0 Å². The molecule has 0 aliphatic heterocycles. The van der Waals surface area contributed by atoms with Gasteiger partial charge in [-0.1, -0.05) is 26.2 Å². The van der Waals surface area contributed by atoms with Gasteiger partial charge in [-0.2, -0.15) is 5.10 Å². The number of nitrogens with one attached hydrogen (secondary N) is 1. The van der Waals surface area contributed by atoms with Crippen molar-refractivity contribution in [2.75, 3.05) is 5.32 Å². The summed E-state index contributed by atoms with van der Waals surface area (Å²) in [4.78, 5) is 11.0. The van der Waals surface area contributed by atoms with Gasteiger partial charge in [0.2, 0.25) is 5.82 Å². The number of aryl methyl sites for hydroxylation is 1. The molecular weight excluding hydrogens is 268 g/mol. The zero-order valence-corrected chi connectivity index (χ0v) is 13.4. The van der Waals surface area contributed by atoms with Crippen molar-refractivity contribution in [1.29, 1.82) is 0 Å². The van der Waals surface area contributed by atoms with Crippen molar-refractivity contribution in [3.8, 4) is 0 Å². The van der Waals surface area contributed by atoms with E-state index in [1.54, 1.807) is 11.6 Å². The Morgan fingerprint density at radius 2 is 2.19 bits per heavy atom. The summed E-state index contributed by atoms with van der Waals surface area (Å²) >= 11 is 0. The van der Waals surface area contributed by atoms with Crippen LogP contribution >= 0.6 is 0 Å². The number of nitro groups is 1. The highest BCUT2D eigenvalue weighted by molar-refractivity contribution is 5.60. The average molecular weight is 294 g/mol. The van der Waals surface area contributed by atoms with E-state index in [-0.39, 0.29) is 16.7 Å². The van der Waals surface area contributed by atoms with Crippen LogP contribution in [0.1, 0.15) is 64.6 Å². The van der Waals surface area contributed by atoms with Gasteiger partial charge in [0.1, 0.15) is 5.69 Å². The van der Waals surface area contributed by atoms with E-state index in [1.165, 1.54) is 19.3 Å².